The van der Waals surface area contributed by atoms with Crippen molar-refractivity contribution in [3.05, 3.63) is 28.5 Å². The molecule has 1 saturated carbocycles. The van der Waals surface area contributed by atoms with E-state index in [0.717, 1.165) is 12.8 Å². The minimum absolute atomic E-state index is 0.0160. The number of hydrogen-bond donors (Lipinski definition) is 2. The Hall–Kier alpha value is -0.650. The van der Waals surface area contributed by atoms with E-state index < -0.39 is 27.3 Å². The minimum atomic E-state index is -1.30. The molecule has 1 aliphatic carbocycles. The van der Waals surface area contributed by atoms with Gasteiger partial charge in [0.1, 0.15) is 0 Å². The Morgan fingerprint density at radius 2 is 2.05 bits per heavy atom. The highest BCUT2D eigenvalue weighted by molar-refractivity contribution is 7.84. The molecule has 1 aliphatic rings. The zero-order valence-corrected chi connectivity index (χ0v) is 13.3. The molecule has 2 atom stereocenters. The van der Waals surface area contributed by atoms with Crippen molar-refractivity contribution in [3.63, 3.8) is 0 Å². The molecule has 0 bridgehead atoms. The molecule has 1 aromatic carbocycles. The van der Waals surface area contributed by atoms with Gasteiger partial charge >= 0.3 is 0 Å². The Bertz CT molecular complexity index is 541. The van der Waals surface area contributed by atoms with Gasteiger partial charge in [0.2, 0.25) is 0 Å². The van der Waals surface area contributed by atoms with Crippen molar-refractivity contribution in [2.24, 2.45) is 5.92 Å². The Labute approximate surface area is 126 Å². The molecule has 0 unspecified atom stereocenters. The molecule has 2 rings (SSSR count). The summed E-state index contributed by atoms with van der Waals surface area (Å²) in [6, 6.07) is 2.65. The largest absolute Gasteiger partial charge is 0.504 e. The number of hydrogen-bond acceptors (Lipinski definition) is 2. The van der Waals surface area contributed by atoms with Crippen LogP contribution in [0.2, 0.25) is 5.02 Å². The molecule has 3 nitrogen and oxygen atoms in total. The van der Waals surface area contributed by atoms with E-state index in [4.69, 9.17) is 11.6 Å². The highest BCUT2D eigenvalue weighted by Gasteiger charge is 2.37. The van der Waals surface area contributed by atoms with E-state index in [0.29, 0.717) is 5.56 Å². The summed E-state index contributed by atoms with van der Waals surface area (Å²) in [5.74, 6) is -1.03. The molecule has 0 radical (unpaired) electrons. The van der Waals surface area contributed by atoms with Crippen molar-refractivity contribution in [2.45, 2.75) is 44.4 Å². The van der Waals surface area contributed by atoms with Crippen molar-refractivity contribution in [1.29, 1.82) is 0 Å². The summed E-state index contributed by atoms with van der Waals surface area (Å²) >= 11 is 5.69. The fourth-order valence-corrected chi connectivity index (χ4v) is 2.98. The first-order valence-electron chi connectivity index (χ1n) is 6.56. The lowest BCUT2D eigenvalue weighted by Crippen LogP contribution is -2.36. The van der Waals surface area contributed by atoms with Crippen LogP contribution < -0.4 is 4.72 Å². The quantitative estimate of drug-likeness (QED) is 0.889. The van der Waals surface area contributed by atoms with E-state index in [9.17, 15) is 13.7 Å². The lowest BCUT2D eigenvalue weighted by molar-refractivity contribution is 0.420. The Balaban J connectivity index is 2.31. The standard InChI is InChI=1S/C14H19ClFNO2S/c1-14(2,3)20(19)17-12(8-4-5-8)9-6-7-10(15)13(18)11(9)16/h6-8,12,17-18H,4-5H2,1-3H3/t12-,20+/m1/s1. The molecule has 0 saturated heterocycles. The van der Waals surface area contributed by atoms with Crippen LogP contribution in [0, 0.1) is 11.7 Å². The number of phenols is 1. The first kappa shape index (κ1) is 15.7. The third-order valence-corrected chi connectivity index (χ3v) is 5.20. The van der Waals surface area contributed by atoms with Crippen LogP contribution in [-0.2, 0) is 11.0 Å². The topological polar surface area (TPSA) is 49.3 Å². The molecule has 0 heterocycles. The number of phenolic OH excluding ortho intramolecular Hbond substituents is 1. The first-order chi connectivity index (χ1) is 9.21. The summed E-state index contributed by atoms with van der Waals surface area (Å²) in [4.78, 5) is 0. The van der Waals surface area contributed by atoms with E-state index in [-0.39, 0.29) is 17.0 Å². The summed E-state index contributed by atoms with van der Waals surface area (Å²) in [6.07, 6.45) is 1.92. The van der Waals surface area contributed by atoms with Crippen molar-refractivity contribution in [1.82, 2.24) is 4.72 Å². The third-order valence-electron chi connectivity index (χ3n) is 3.32. The number of nitrogens with one attached hydrogen (secondary N) is 1. The lowest BCUT2D eigenvalue weighted by atomic mass is 10.0. The van der Waals surface area contributed by atoms with Gasteiger partial charge in [-0.15, -0.1) is 0 Å². The van der Waals surface area contributed by atoms with Gasteiger partial charge in [0.05, 0.1) is 26.8 Å². The number of rotatable bonds is 4. The van der Waals surface area contributed by atoms with E-state index in [1.165, 1.54) is 6.07 Å². The summed E-state index contributed by atoms with van der Waals surface area (Å²) in [5.41, 5.74) is 0.326. The molecular formula is C14H19ClFNO2S. The van der Waals surface area contributed by atoms with E-state index in [2.05, 4.69) is 4.72 Å². The van der Waals surface area contributed by atoms with Crippen LogP contribution in [0.1, 0.15) is 45.2 Å². The molecule has 1 fully saturated rings. The zero-order chi connectivity index (χ0) is 15.1. The van der Waals surface area contributed by atoms with Gasteiger partial charge in [0.25, 0.3) is 0 Å². The molecule has 6 heteroatoms. The van der Waals surface area contributed by atoms with Crippen LogP contribution in [0.5, 0.6) is 5.75 Å². The predicted octanol–water partition coefficient (Wildman–Crippen LogP) is 3.69. The molecule has 20 heavy (non-hydrogen) atoms. The SMILES string of the molecule is CC(C)(C)[S@](=O)N[C@@H](c1ccc(Cl)c(O)c1F)C1CC1. The number of benzene rings is 1. The minimum Gasteiger partial charge on any atom is -0.504 e. The number of aromatic hydroxyl groups is 1. The monoisotopic (exact) mass is 319 g/mol. The predicted molar refractivity (Wildman–Crippen MR) is 79.6 cm³/mol. The van der Waals surface area contributed by atoms with Crippen molar-refractivity contribution < 1.29 is 13.7 Å². The van der Waals surface area contributed by atoms with Crippen LogP contribution in [0.3, 0.4) is 0 Å². The van der Waals surface area contributed by atoms with Gasteiger partial charge in [-0.1, -0.05) is 17.7 Å². The smallest absolute Gasteiger partial charge is 0.171 e. The van der Waals surface area contributed by atoms with Gasteiger partial charge < -0.3 is 5.11 Å². The first-order valence-corrected chi connectivity index (χ1v) is 8.09. The molecule has 0 spiro atoms. The Morgan fingerprint density at radius 3 is 2.55 bits per heavy atom. The van der Waals surface area contributed by atoms with E-state index >= 15 is 0 Å². The molecule has 2 N–H and O–H groups in total. The molecule has 112 valence electrons. The second-order valence-corrected chi connectivity index (χ2v) is 8.52. The third kappa shape index (κ3) is 3.32. The summed E-state index contributed by atoms with van der Waals surface area (Å²) in [5, 5.41) is 9.61. The van der Waals surface area contributed by atoms with Crippen molar-refractivity contribution in [3.8, 4) is 5.75 Å². The van der Waals surface area contributed by atoms with Crippen LogP contribution in [0.4, 0.5) is 4.39 Å². The number of halogens is 2. The van der Waals surface area contributed by atoms with Gasteiger partial charge in [-0.2, -0.15) is 0 Å². The van der Waals surface area contributed by atoms with Crippen molar-refractivity contribution >= 4 is 22.6 Å². The zero-order valence-electron chi connectivity index (χ0n) is 11.7. The van der Waals surface area contributed by atoms with Crippen LogP contribution in [0.15, 0.2) is 12.1 Å². The second kappa shape index (κ2) is 5.62. The molecule has 0 aliphatic heterocycles. The maximum absolute atomic E-state index is 14.2. The van der Waals surface area contributed by atoms with Crippen LogP contribution in [0.25, 0.3) is 0 Å². The normalized spacial score (nSPS) is 18.9. The van der Waals surface area contributed by atoms with Crippen molar-refractivity contribution in [2.75, 3.05) is 0 Å². The van der Waals surface area contributed by atoms with Gasteiger partial charge in [-0.05, 0) is 45.6 Å². The maximum Gasteiger partial charge on any atom is 0.171 e. The van der Waals surface area contributed by atoms with E-state index in [1.54, 1.807) is 6.07 Å². The van der Waals surface area contributed by atoms with Crippen LogP contribution in [-0.4, -0.2) is 14.1 Å². The lowest BCUT2D eigenvalue weighted by Gasteiger charge is -2.25. The molecule has 1 aromatic rings. The summed E-state index contributed by atoms with van der Waals surface area (Å²) in [6.45, 7) is 5.57. The van der Waals surface area contributed by atoms with Gasteiger partial charge in [0.15, 0.2) is 11.6 Å². The van der Waals surface area contributed by atoms with Gasteiger partial charge in [-0.3, -0.25) is 0 Å². The molecule has 0 amide bonds. The highest BCUT2D eigenvalue weighted by atomic mass is 35.5. The van der Waals surface area contributed by atoms with Gasteiger partial charge in [-0.25, -0.2) is 13.3 Å². The maximum atomic E-state index is 14.2. The Kier molecular flexibility index (Phi) is 4.42. The summed E-state index contributed by atoms with van der Waals surface area (Å²) in [7, 11) is -1.30. The average molecular weight is 320 g/mol. The van der Waals surface area contributed by atoms with Crippen LogP contribution >= 0.6 is 11.6 Å². The fourth-order valence-electron chi connectivity index (χ4n) is 1.93. The fraction of sp³-hybridized carbons (Fsp3) is 0.571. The highest BCUT2D eigenvalue weighted by Crippen LogP contribution is 2.44. The molecular weight excluding hydrogens is 301 g/mol. The Morgan fingerprint density at radius 1 is 1.45 bits per heavy atom. The second-order valence-electron chi connectivity index (χ2n) is 6.11. The molecule has 0 aromatic heterocycles. The average Bonchev–Trinajstić information content (AvgIpc) is 3.17. The summed E-state index contributed by atoms with van der Waals surface area (Å²) < 4.78 is 29.0. The van der Waals surface area contributed by atoms with Gasteiger partial charge in [0, 0.05) is 5.56 Å². The van der Waals surface area contributed by atoms with E-state index in [1.807, 2.05) is 20.8 Å².